The van der Waals surface area contributed by atoms with Crippen LogP contribution in [0.3, 0.4) is 0 Å². The van der Waals surface area contributed by atoms with E-state index in [1.165, 1.54) is 18.2 Å². The predicted molar refractivity (Wildman–Crippen MR) is 75.6 cm³/mol. The molecule has 0 radical (unpaired) electrons. The van der Waals surface area contributed by atoms with Crippen molar-refractivity contribution in [1.29, 1.82) is 0 Å². The van der Waals surface area contributed by atoms with E-state index in [-0.39, 0.29) is 11.3 Å². The van der Waals surface area contributed by atoms with Crippen molar-refractivity contribution < 1.29 is 18.7 Å². The molecule has 0 aliphatic carbocycles. The van der Waals surface area contributed by atoms with Crippen molar-refractivity contribution in [3.63, 3.8) is 0 Å². The minimum atomic E-state index is -2.54. The first-order valence-corrected chi connectivity index (χ1v) is 6.82. The number of aryl methyl sites for hydroxylation is 1. The van der Waals surface area contributed by atoms with Gasteiger partial charge in [-0.3, -0.25) is 8.51 Å². The lowest BCUT2D eigenvalue weighted by molar-refractivity contribution is 0.0697. The Balaban J connectivity index is 2.48. The molecule has 2 rings (SSSR count). The number of carbonyl (C=O) groups is 1. The van der Waals surface area contributed by atoms with Crippen LogP contribution in [0.25, 0.3) is 0 Å². The lowest BCUT2D eigenvalue weighted by Gasteiger charge is -2.26. The molecule has 0 saturated carbocycles. The third-order valence-electron chi connectivity index (χ3n) is 2.75. The van der Waals surface area contributed by atoms with Crippen LogP contribution >= 0.6 is 0 Å². The zero-order chi connectivity index (χ0) is 14.7. The summed E-state index contributed by atoms with van der Waals surface area (Å²) in [5.41, 5.74) is 1.77. The fourth-order valence-electron chi connectivity index (χ4n) is 1.77. The molecule has 1 atom stereocenters. The fraction of sp³-hybridized carbons (Fsp3) is 0.0714. The van der Waals surface area contributed by atoms with Crippen LogP contribution in [0.1, 0.15) is 15.9 Å². The fourth-order valence-corrected chi connectivity index (χ4v) is 2.35. The van der Waals surface area contributed by atoms with Gasteiger partial charge < -0.3 is 9.66 Å². The average molecular weight is 290 g/mol. The van der Waals surface area contributed by atoms with Crippen LogP contribution in [0.15, 0.2) is 48.5 Å². The van der Waals surface area contributed by atoms with Crippen LogP contribution in [0.2, 0.25) is 0 Å². The minimum absolute atomic E-state index is 0.0325. The van der Waals surface area contributed by atoms with Crippen molar-refractivity contribution in [3.8, 4) is 0 Å². The molecule has 0 aliphatic heterocycles. The van der Waals surface area contributed by atoms with E-state index >= 15 is 0 Å². The first-order chi connectivity index (χ1) is 9.49. The largest absolute Gasteiger partial charge is 0.755 e. The highest BCUT2D eigenvalue weighted by Crippen LogP contribution is 2.27. The second kappa shape index (κ2) is 5.85. The standard InChI is InChI=1S/C14H13NO4S/c1-10-5-7-12(8-6-10)15(20(18)19)13-4-2-3-11(9-13)14(16)17/h2-9H,1H3,(H,16,17)(H,18,19)/p-1. The van der Waals surface area contributed by atoms with Gasteiger partial charge in [-0.15, -0.1) is 0 Å². The first-order valence-electron chi connectivity index (χ1n) is 5.78. The number of aromatic carboxylic acids is 1. The molecule has 0 aromatic heterocycles. The maximum absolute atomic E-state index is 11.4. The quantitative estimate of drug-likeness (QED) is 0.878. The Morgan fingerprint density at radius 1 is 1.15 bits per heavy atom. The number of hydrogen-bond acceptors (Lipinski definition) is 3. The van der Waals surface area contributed by atoms with Gasteiger partial charge in [0.2, 0.25) is 0 Å². The second-order valence-corrected chi connectivity index (χ2v) is 5.00. The van der Waals surface area contributed by atoms with Gasteiger partial charge in [0.1, 0.15) is 0 Å². The molecule has 1 unspecified atom stereocenters. The van der Waals surface area contributed by atoms with Gasteiger partial charge in [-0.25, -0.2) is 4.79 Å². The number of hydrogen-bond donors (Lipinski definition) is 1. The molecule has 1 N–H and O–H groups in total. The lowest BCUT2D eigenvalue weighted by Crippen LogP contribution is -2.19. The molecule has 0 bridgehead atoms. The van der Waals surface area contributed by atoms with Crippen molar-refractivity contribution >= 4 is 28.6 Å². The Hall–Kier alpha value is -2.18. The summed E-state index contributed by atoms with van der Waals surface area (Å²) in [5, 5.41) is 8.96. The van der Waals surface area contributed by atoms with E-state index < -0.39 is 17.2 Å². The van der Waals surface area contributed by atoms with Crippen LogP contribution in [0.4, 0.5) is 11.4 Å². The summed E-state index contributed by atoms with van der Waals surface area (Å²) in [6.07, 6.45) is 0. The maximum atomic E-state index is 11.4. The van der Waals surface area contributed by atoms with Gasteiger partial charge in [0.25, 0.3) is 0 Å². The zero-order valence-corrected chi connectivity index (χ0v) is 11.5. The van der Waals surface area contributed by atoms with E-state index in [0.717, 1.165) is 9.87 Å². The SMILES string of the molecule is Cc1ccc(N(c2cccc(C(=O)O)c2)S(=O)[O-])cc1. The topological polar surface area (TPSA) is 80.7 Å². The summed E-state index contributed by atoms with van der Waals surface area (Å²) in [6.45, 7) is 1.90. The van der Waals surface area contributed by atoms with E-state index in [4.69, 9.17) is 5.11 Å². The Labute approximate surface area is 118 Å². The Morgan fingerprint density at radius 3 is 2.35 bits per heavy atom. The number of nitrogens with zero attached hydrogens (tertiary/aromatic N) is 1. The highest BCUT2D eigenvalue weighted by Gasteiger charge is 2.12. The molecular weight excluding hydrogens is 278 g/mol. The molecule has 0 saturated heterocycles. The van der Waals surface area contributed by atoms with Crippen LogP contribution in [0.5, 0.6) is 0 Å². The smallest absolute Gasteiger partial charge is 0.335 e. The number of anilines is 2. The summed E-state index contributed by atoms with van der Waals surface area (Å²) >= 11 is -2.54. The van der Waals surface area contributed by atoms with Crippen molar-refractivity contribution in [3.05, 3.63) is 59.7 Å². The van der Waals surface area contributed by atoms with E-state index in [9.17, 15) is 13.6 Å². The van der Waals surface area contributed by atoms with Gasteiger partial charge >= 0.3 is 5.97 Å². The highest BCUT2D eigenvalue weighted by atomic mass is 32.2. The van der Waals surface area contributed by atoms with Crippen LogP contribution in [0, 0.1) is 6.92 Å². The van der Waals surface area contributed by atoms with Gasteiger partial charge in [-0.2, -0.15) is 0 Å². The second-order valence-electron chi connectivity index (χ2n) is 4.20. The Bertz CT molecular complexity index is 654. The van der Waals surface area contributed by atoms with Crippen molar-refractivity contribution in [2.24, 2.45) is 0 Å². The predicted octanol–water partition coefficient (Wildman–Crippen LogP) is 2.63. The summed E-state index contributed by atoms with van der Waals surface area (Å²) in [6, 6.07) is 12.7. The van der Waals surface area contributed by atoms with Crippen LogP contribution in [-0.4, -0.2) is 19.8 Å². The first kappa shape index (κ1) is 14.2. The summed E-state index contributed by atoms with van der Waals surface area (Å²) in [4.78, 5) is 11.0. The number of benzene rings is 2. The Morgan fingerprint density at radius 2 is 1.80 bits per heavy atom. The average Bonchev–Trinajstić information content (AvgIpc) is 2.41. The number of carboxylic acids is 1. The van der Waals surface area contributed by atoms with Crippen LogP contribution < -0.4 is 4.31 Å². The molecule has 0 amide bonds. The molecule has 5 nitrogen and oxygen atoms in total. The molecule has 0 heterocycles. The van der Waals surface area contributed by atoms with Gasteiger partial charge in [0, 0.05) is 0 Å². The molecule has 2 aromatic rings. The van der Waals surface area contributed by atoms with Gasteiger partial charge in [0.05, 0.1) is 28.2 Å². The monoisotopic (exact) mass is 290 g/mol. The summed E-state index contributed by atoms with van der Waals surface area (Å²) in [5.74, 6) is -1.10. The van der Waals surface area contributed by atoms with Crippen molar-refractivity contribution in [2.75, 3.05) is 4.31 Å². The van der Waals surface area contributed by atoms with Gasteiger partial charge in [-0.1, -0.05) is 23.8 Å². The summed E-state index contributed by atoms with van der Waals surface area (Å²) in [7, 11) is 0. The molecule has 0 spiro atoms. The molecule has 20 heavy (non-hydrogen) atoms. The van der Waals surface area contributed by atoms with Gasteiger partial charge in [-0.05, 0) is 37.3 Å². The minimum Gasteiger partial charge on any atom is -0.755 e. The molecule has 0 aliphatic rings. The molecule has 6 heteroatoms. The maximum Gasteiger partial charge on any atom is 0.335 e. The lowest BCUT2D eigenvalue weighted by atomic mass is 10.2. The number of rotatable bonds is 4. The number of carboxylic acid groups (broad SMARTS) is 1. The van der Waals surface area contributed by atoms with E-state index in [1.807, 2.05) is 6.92 Å². The third-order valence-corrected chi connectivity index (χ3v) is 3.46. The highest BCUT2D eigenvalue weighted by molar-refractivity contribution is 7.81. The van der Waals surface area contributed by atoms with Crippen molar-refractivity contribution in [1.82, 2.24) is 0 Å². The summed E-state index contributed by atoms with van der Waals surface area (Å²) < 4.78 is 23.9. The molecule has 2 aromatic carbocycles. The normalized spacial score (nSPS) is 11.9. The molecule has 104 valence electrons. The van der Waals surface area contributed by atoms with Gasteiger partial charge in [0.15, 0.2) is 0 Å². The third kappa shape index (κ3) is 3.04. The van der Waals surface area contributed by atoms with Crippen molar-refractivity contribution in [2.45, 2.75) is 6.92 Å². The van der Waals surface area contributed by atoms with E-state index in [0.29, 0.717) is 5.69 Å². The molecule has 0 fully saturated rings. The zero-order valence-electron chi connectivity index (χ0n) is 10.6. The Kier molecular flexibility index (Phi) is 4.16. The van der Waals surface area contributed by atoms with Crippen LogP contribution in [-0.2, 0) is 11.3 Å². The molecular formula is C14H12NO4S-. The van der Waals surface area contributed by atoms with E-state index in [2.05, 4.69) is 0 Å². The van der Waals surface area contributed by atoms with E-state index in [1.54, 1.807) is 30.3 Å².